The Morgan fingerprint density at radius 1 is 1.05 bits per heavy atom. The molecule has 3 saturated heterocycles. The summed E-state index contributed by atoms with van der Waals surface area (Å²) >= 11 is 0. The molecule has 2 atom stereocenters. The zero-order chi connectivity index (χ0) is 14.9. The van der Waals surface area contributed by atoms with Crippen molar-refractivity contribution >= 4 is 16.7 Å². The number of hydrogen-bond acceptors (Lipinski definition) is 3. The van der Waals surface area contributed by atoms with Crippen molar-refractivity contribution < 1.29 is 0 Å². The number of nitrogens with zero attached hydrogens (tertiary/aromatic N) is 3. The highest BCUT2D eigenvalue weighted by Crippen LogP contribution is 2.30. The molecule has 3 aliphatic heterocycles. The van der Waals surface area contributed by atoms with Crippen molar-refractivity contribution in [1.29, 1.82) is 0 Å². The van der Waals surface area contributed by atoms with Crippen LogP contribution in [0.2, 0.25) is 0 Å². The fourth-order valence-electron chi connectivity index (χ4n) is 4.16. The Hall–Kier alpha value is -1.61. The third-order valence-corrected chi connectivity index (χ3v) is 5.25. The lowest BCUT2D eigenvalue weighted by Crippen LogP contribution is -2.44. The lowest BCUT2D eigenvalue weighted by atomic mass is 9.95. The molecular weight excluding hydrogens is 270 g/mol. The number of fused-ring (bicyclic) bond motifs is 5. The fraction of sp³-hybridized carbons (Fsp3) is 0.526. The molecule has 3 heteroatoms. The largest absolute Gasteiger partial charge is 0.355 e. The molecule has 0 spiro atoms. The normalized spacial score (nSPS) is 25.6. The maximum absolute atomic E-state index is 4.92. The maximum atomic E-state index is 4.92. The van der Waals surface area contributed by atoms with Crippen LogP contribution in [0.3, 0.4) is 0 Å². The molecule has 3 fully saturated rings. The van der Waals surface area contributed by atoms with E-state index < -0.39 is 0 Å². The van der Waals surface area contributed by atoms with Gasteiger partial charge in [0.2, 0.25) is 0 Å². The second-order valence-corrected chi connectivity index (χ2v) is 6.86. The molecule has 3 aliphatic rings. The van der Waals surface area contributed by atoms with Gasteiger partial charge in [-0.25, -0.2) is 4.98 Å². The molecule has 0 aliphatic carbocycles. The molecule has 3 nitrogen and oxygen atoms in total. The molecule has 0 unspecified atom stereocenters. The van der Waals surface area contributed by atoms with Gasteiger partial charge in [-0.1, -0.05) is 25.1 Å². The molecule has 22 heavy (non-hydrogen) atoms. The van der Waals surface area contributed by atoms with Gasteiger partial charge in [0.1, 0.15) is 5.82 Å². The number of para-hydroxylation sites is 1. The third-order valence-electron chi connectivity index (χ3n) is 5.25. The summed E-state index contributed by atoms with van der Waals surface area (Å²) in [6.45, 7) is 7.13. The van der Waals surface area contributed by atoms with Gasteiger partial charge in [-0.05, 0) is 49.9 Å². The van der Waals surface area contributed by atoms with Gasteiger partial charge in [-0.3, -0.25) is 4.90 Å². The second kappa shape index (κ2) is 5.88. The van der Waals surface area contributed by atoms with Crippen molar-refractivity contribution in [3.05, 3.63) is 36.4 Å². The Morgan fingerprint density at radius 2 is 1.95 bits per heavy atom. The summed E-state index contributed by atoms with van der Waals surface area (Å²) in [6, 6.07) is 13.6. The van der Waals surface area contributed by atoms with E-state index in [1.54, 1.807) is 0 Å². The van der Waals surface area contributed by atoms with Crippen molar-refractivity contribution in [2.24, 2.45) is 5.92 Å². The minimum atomic E-state index is 0.715. The van der Waals surface area contributed by atoms with Crippen molar-refractivity contribution in [2.45, 2.75) is 32.2 Å². The predicted molar refractivity (Wildman–Crippen MR) is 92.3 cm³/mol. The van der Waals surface area contributed by atoms with E-state index in [-0.39, 0.29) is 0 Å². The highest BCUT2D eigenvalue weighted by atomic mass is 15.3. The zero-order valence-electron chi connectivity index (χ0n) is 13.4. The molecule has 4 heterocycles. The standard InChI is InChI=1S/C19H25N3/c1-2-11-21-12-15-7-9-17(21)14-22(13-15)19-10-8-16-5-3-4-6-18(16)20-19/h3-6,8,10,15,17H,2,7,9,11-14H2,1H3/t15-,17-/m0/s1. The number of benzene rings is 1. The molecule has 0 N–H and O–H groups in total. The minimum Gasteiger partial charge on any atom is -0.355 e. The van der Waals surface area contributed by atoms with Crippen LogP contribution in [0.15, 0.2) is 36.4 Å². The van der Waals surface area contributed by atoms with E-state index >= 15 is 0 Å². The van der Waals surface area contributed by atoms with Crippen LogP contribution in [0.1, 0.15) is 26.2 Å². The summed E-state index contributed by atoms with van der Waals surface area (Å²) in [5.74, 6) is 1.97. The highest BCUT2D eigenvalue weighted by Gasteiger charge is 2.34. The van der Waals surface area contributed by atoms with Gasteiger partial charge in [0.25, 0.3) is 0 Å². The van der Waals surface area contributed by atoms with E-state index in [9.17, 15) is 0 Å². The van der Waals surface area contributed by atoms with Gasteiger partial charge in [0, 0.05) is 31.1 Å². The van der Waals surface area contributed by atoms with E-state index in [1.807, 2.05) is 0 Å². The molecule has 1 aromatic heterocycles. The second-order valence-electron chi connectivity index (χ2n) is 6.86. The van der Waals surface area contributed by atoms with E-state index in [4.69, 9.17) is 4.98 Å². The Balaban J connectivity index is 1.61. The topological polar surface area (TPSA) is 19.4 Å². The number of aromatic nitrogens is 1. The average molecular weight is 295 g/mol. The van der Waals surface area contributed by atoms with E-state index in [0.29, 0.717) is 6.04 Å². The van der Waals surface area contributed by atoms with Crippen molar-refractivity contribution in [1.82, 2.24) is 9.88 Å². The smallest absolute Gasteiger partial charge is 0.129 e. The quantitative estimate of drug-likeness (QED) is 0.863. The summed E-state index contributed by atoms with van der Waals surface area (Å²) in [6.07, 6.45) is 4.00. The van der Waals surface area contributed by atoms with E-state index in [1.165, 1.54) is 44.3 Å². The van der Waals surface area contributed by atoms with Crippen molar-refractivity contribution in [3.8, 4) is 0 Å². The molecular formula is C19H25N3. The first-order chi connectivity index (χ1) is 10.8. The lowest BCUT2D eigenvalue weighted by Gasteiger charge is -2.35. The highest BCUT2D eigenvalue weighted by molar-refractivity contribution is 5.80. The Bertz CT molecular complexity index is 654. The zero-order valence-corrected chi connectivity index (χ0v) is 13.4. The monoisotopic (exact) mass is 295 g/mol. The first-order valence-electron chi connectivity index (χ1n) is 8.68. The number of piperidine rings is 1. The number of hydrogen-bond donors (Lipinski definition) is 0. The minimum absolute atomic E-state index is 0.715. The van der Waals surface area contributed by atoms with Gasteiger partial charge < -0.3 is 4.90 Å². The summed E-state index contributed by atoms with van der Waals surface area (Å²) in [4.78, 5) is 10.2. The first-order valence-corrected chi connectivity index (χ1v) is 8.68. The Kier molecular flexibility index (Phi) is 3.75. The van der Waals surface area contributed by atoms with Gasteiger partial charge in [-0.15, -0.1) is 0 Å². The van der Waals surface area contributed by atoms with Gasteiger partial charge in [0.15, 0.2) is 0 Å². The van der Waals surface area contributed by atoms with Crippen LogP contribution >= 0.6 is 0 Å². The summed E-state index contributed by atoms with van der Waals surface area (Å²) in [7, 11) is 0. The van der Waals surface area contributed by atoms with Crippen LogP contribution < -0.4 is 4.90 Å². The van der Waals surface area contributed by atoms with Crippen molar-refractivity contribution in [3.63, 3.8) is 0 Å². The van der Waals surface area contributed by atoms with Crippen LogP contribution in [0.5, 0.6) is 0 Å². The van der Waals surface area contributed by atoms with Crippen LogP contribution in [0.25, 0.3) is 10.9 Å². The molecule has 116 valence electrons. The van der Waals surface area contributed by atoms with Crippen LogP contribution in [0, 0.1) is 5.92 Å². The molecule has 1 aromatic carbocycles. The number of pyridine rings is 1. The van der Waals surface area contributed by atoms with Crippen molar-refractivity contribution in [2.75, 3.05) is 31.1 Å². The van der Waals surface area contributed by atoms with E-state index in [0.717, 1.165) is 23.8 Å². The van der Waals surface area contributed by atoms with Crippen LogP contribution in [-0.4, -0.2) is 42.1 Å². The predicted octanol–water partition coefficient (Wildman–Crippen LogP) is 3.55. The first kappa shape index (κ1) is 14.0. The lowest BCUT2D eigenvalue weighted by molar-refractivity contribution is 0.134. The summed E-state index contributed by atoms with van der Waals surface area (Å²) in [5, 5.41) is 1.23. The summed E-state index contributed by atoms with van der Waals surface area (Å²) < 4.78 is 0. The van der Waals surface area contributed by atoms with E-state index in [2.05, 4.69) is 53.1 Å². The molecule has 0 amide bonds. The summed E-state index contributed by atoms with van der Waals surface area (Å²) in [5.41, 5.74) is 1.11. The third kappa shape index (κ3) is 2.58. The molecule has 2 bridgehead atoms. The SMILES string of the molecule is CCCN1C[C@@H]2CC[C@H]1CN(c1ccc3ccccc3n1)C2. The molecule has 5 rings (SSSR count). The molecule has 2 aromatic rings. The van der Waals surface area contributed by atoms with Crippen LogP contribution in [0.4, 0.5) is 5.82 Å². The fourth-order valence-corrected chi connectivity index (χ4v) is 4.16. The number of anilines is 1. The van der Waals surface area contributed by atoms with Gasteiger partial charge in [0.05, 0.1) is 5.52 Å². The Labute approximate surface area is 132 Å². The number of rotatable bonds is 3. The van der Waals surface area contributed by atoms with Crippen LogP contribution in [-0.2, 0) is 0 Å². The molecule has 0 radical (unpaired) electrons. The van der Waals surface area contributed by atoms with Gasteiger partial charge >= 0.3 is 0 Å². The van der Waals surface area contributed by atoms with Gasteiger partial charge in [-0.2, -0.15) is 0 Å². The average Bonchev–Trinajstić information content (AvgIpc) is 2.86. The maximum Gasteiger partial charge on any atom is 0.129 e. The molecule has 0 saturated carbocycles. The Morgan fingerprint density at radius 3 is 2.86 bits per heavy atom.